The van der Waals surface area contributed by atoms with Gasteiger partial charge in [0.1, 0.15) is 0 Å². The standard InChI is InChI=1S/CH2O3.ClH.H3NO.Na.H/c2-1(3)4;;1-2;;/h(H2,2,3,4);1H;2H,1H2;;. The van der Waals surface area contributed by atoms with E-state index in [0.717, 1.165) is 0 Å². The molecule has 5 nitrogen and oxygen atoms in total. The second-order valence-corrected chi connectivity index (χ2v) is 0.283. The molecule has 0 amide bonds. The molecule has 0 saturated carbocycles. The Balaban J connectivity index is -0.0000000183. The van der Waals surface area contributed by atoms with Crippen molar-refractivity contribution in [3.63, 3.8) is 0 Å². The summed E-state index contributed by atoms with van der Waals surface area (Å²) in [6.07, 6.45) is -1.83. The van der Waals surface area contributed by atoms with Crippen LogP contribution in [-0.2, 0) is 0 Å². The van der Waals surface area contributed by atoms with Crippen molar-refractivity contribution >= 4 is 48.1 Å². The Labute approximate surface area is 74.1 Å². The van der Waals surface area contributed by atoms with Crippen LogP contribution in [0.2, 0.25) is 0 Å². The fourth-order valence-corrected chi connectivity index (χ4v) is 0. The van der Waals surface area contributed by atoms with Crippen LogP contribution in [0.25, 0.3) is 0 Å². The number of halogens is 1. The third kappa shape index (κ3) is 845. The maximum atomic E-state index is 8.56. The molecule has 0 heterocycles. The molecule has 0 aromatic rings. The number of rotatable bonds is 0. The van der Waals surface area contributed by atoms with Crippen LogP contribution >= 0.6 is 12.4 Å². The Morgan fingerprint density at radius 3 is 1.25 bits per heavy atom. The molecule has 8 heavy (non-hydrogen) atoms. The van der Waals surface area contributed by atoms with Gasteiger partial charge in [-0.15, -0.1) is 12.4 Å². The van der Waals surface area contributed by atoms with E-state index >= 15 is 0 Å². The van der Waals surface area contributed by atoms with Gasteiger partial charge in [0.15, 0.2) is 0 Å². The van der Waals surface area contributed by atoms with E-state index in [-0.39, 0.29) is 42.0 Å². The molecule has 0 saturated heterocycles. The van der Waals surface area contributed by atoms with Crippen molar-refractivity contribution in [3.05, 3.63) is 0 Å². The Morgan fingerprint density at radius 1 is 1.25 bits per heavy atom. The van der Waals surface area contributed by atoms with Gasteiger partial charge in [-0.2, -0.15) is 0 Å². The van der Waals surface area contributed by atoms with Gasteiger partial charge in [-0.1, -0.05) is 0 Å². The fourth-order valence-electron chi connectivity index (χ4n) is 0. The van der Waals surface area contributed by atoms with E-state index in [0.29, 0.717) is 0 Å². The molecule has 48 valence electrons. The zero-order valence-electron chi connectivity index (χ0n) is 3.24. The van der Waals surface area contributed by atoms with Crippen LogP contribution in [-0.4, -0.2) is 51.1 Å². The van der Waals surface area contributed by atoms with E-state index in [4.69, 9.17) is 20.2 Å². The fraction of sp³-hybridized carbons (Fsp3) is 0. The predicted molar refractivity (Wildman–Crippen MR) is 31.0 cm³/mol. The molecule has 0 aliphatic heterocycles. The molecule has 0 fully saturated rings. The summed E-state index contributed by atoms with van der Waals surface area (Å²) < 4.78 is 0. The third-order valence-corrected chi connectivity index (χ3v) is 0. The van der Waals surface area contributed by atoms with Crippen LogP contribution in [0.5, 0.6) is 0 Å². The van der Waals surface area contributed by atoms with Gasteiger partial charge in [0.25, 0.3) is 0 Å². The number of carboxylic acid groups (broad SMARTS) is 2. The molecular formula is CH7ClNNaO4. The topological polar surface area (TPSA) is 104 Å². The normalized spacial score (nSPS) is 3.75. The Kier molecular flexibility index (Phi) is 76.6. The summed E-state index contributed by atoms with van der Waals surface area (Å²) in [6, 6.07) is 0. The molecule has 0 radical (unpaired) electrons. The van der Waals surface area contributed by atoms with Gasteiger partial charge in [-0.3, -0.25) is 0 Å². The molecule has 0 unspecified atom stereocenters. The molecule has 0 spiro atoms. The minimum absolute atomic E-state index is 0. The summed E-state index contributed by atoms with van der Waals surface area (Å²) >= 11 is 0. The number of hydrogen-bond donors (Lipinski definition) is 4. The summed E-state index contributed by atoms with van der Waals surface area (Å²) in [5.41, 5.74) is 0. The molecule has 0 aliphatic carbocycles. The van der Waals surface area contributed by atoms with Crippen molar-refractivity contribution in [2.45, 2.75) is 0 Å². The summed E-state index contributed by atoms with van der Waals surface area (Å²) in [6.45, 7) is 0. The summed E-state index contributed by atoms with van der Waals surface area (Å²) in [5, 5.41) is 20.4. The SMILES string of the molecule is Cl.NO.O=C(O)O.[NaH]. The molecule has 0 aromatic heterocycles. The summed E-state index contributed by atoms with van der Waals surface area (Å²) in [7, 11) is 0. The molecule has 0 atom stereocenters. The Bertz CT molecular complexity index is 39.0. The van der Waals surface area contributed by atoms with E-state index in [2.05, 4.69) is 5.90 Å². The van der Waals surface area contributed by atoms with Crippen molar-refractivity contribution in [2.24, 2.45) is 5.90 Å². The molecule has 0 bridgehead atoms. The number of hydrogen-bond acceptors (Lipinski definition) is 3. The van der Waals surface area contributed by atoms with E-state index in [9.17, 15) is 0 Å². The van der Waals surface area contributed by atoms with Crippen molar-refractivity contribution in [2.75, 3.05) is 0 Å². The summed E-state index contributed by atoms with van der Waals surface area (Å²) in [4.78, 5) is 8.56. The predicted octanol–water partition coefficient (Wildman–Crippen LogP) is -0.670. The first-order chi connectivity index (χ1) is 2.73. The van der Waals surface area contributed by atoms with Crippen molar-refractivity contribution < 1.29 is 20.2 Å². The average Bonchev–Trinajstić information content (AvgIpc) is 1.41. The van der Waals surface area contributed by atoms with Crippen LogP contribution in [0.1, 0.15) is 0 Å². The van der Waals surface area contributed by atoms with E-state index in [1.807, 2.05) is 0 Å². The van der Waals surface area contributed by atoms with Crippen LogP contribution < -0.4 is 5.90 Å². The van der Waals surface area contributed by atoms with Gasteiger partial charge < -0.3 is 15.4 Å². The van der Waals surface area contributed by atoms with Gasteiger partial charge in [-0.25, -0.2) is 10.7 Å². The minimum atomic E-state index is -1.83. The first-order valence-corrected chi connectivity index (χ1v) is 0.910. The second kappa shape index (κ2) is 25.9. The zero-order chi connectivity index (χ0) is 5.58. The monoisotopic (exact) mass is 155 g/mol. The molecule has 5 N–H and O–H groups in total. The molecule has 0 aliphatic rings. The van der Waals surface area contributed by atoms with Crippen molar-refractivity contribution in [1.82, 2.24) is 0 Å². The average molecular weight is 156 g/mol. The van der Waals surface area contributed by atoms with Gasteiger partial charge in [0.2, 0.25) is 0 Å². The van der Waals surface area contributed by atoms with E-state index < -0.39 is 6.16 Å². The quantitative estimate of drug-likeness (QED) is 0.274. The van der Waals surface area contributed by atoms with Crippen LogP contribution in [0.4, 0.5) is 4.79 Å². The number of nitrogens with two attached hydrogens (primary N) is 1. The second-order valence-electron chi connectivity index (χ2n) is 0.283. The van der Waals surface area contributed by atoms with Crippen LogP contribution in [0.3, 0.4) is 0 Å². The first-order valence-electron chi connectivity index (χ1n) is 0.910. The van der Waals surface area contributed by atoms with Gasteiger partial charge in [-0.05, 0) is 0 Å². The maximum absolute atomic E-state index is 8.56. The van der Waals surface area contributed by atoms with E-state index in [1.165, 1.54) is 0 Å². The Hall–Kier alpha value is 0.480. The van der Waals surface area contributed by atoms with Crippen molar-refractivity contribution in [1.29, 1.82) is 0 Å². The molecular weight excluding hydrogens is 148 g/mol. The van der Waals surface area contributed by atoms with E-state index in [1.54, 1.807) is 0 Å². The summed E-state index contributed by atoms with van der Waals surface area (Å²) in [5.74, 6) is 3.50. The third-order valence-electron chi connectivity index (χ3n) is 0. The molecule has 0 aromatic carbocycles. The van der Waals surface area contributed by atoms with Crippen LogP contribution in [0.15, 0.2) is 0 Å². The molecule has 7 heteroatoms. The zero-order valence-corrected chi connectivity index (χ0v) is 4.05. The van der Waals surface area contributed by atoms with Gasteiger partial charge >= 0.3 is 35.7 Å². The first kappa shape index (κ1) is 23.6. The van der Waals surface area contributed by atoms with Gasteiger partial charge in [0, 0.05) is 0 Å². The number of carbonyl (C=O) groups is 1. The molecule has 0 rings (SSSR count). The van der Waals surface area contributed by atoms with Crippen LogP contribution in [0, 0.1) is 0 Å². The van der Waals surface area contributed by atoms with Gasteiger partial charge in [0.05, 0.1) is 0 Å². The Morgan fingerprint density at radius 2 is 1.25 bits per heavy atom. The van der Waals surface area contributed by atoms with Crippen molar-refractivity contribution in [3.8, 4) is 0 Å².